The van der Waals surface area contributed by atoms with Crippen molar-refractivity contribution in [2.24, 2.45) is 0 Å². The first-order valence-electron chi connectivity index (χ1n) is 5.81. The number of carbonyl (C=O) groups is 1. The SMILES string of the molecule is Cc1ccc(NC(=O)Cn2ccc(=O)[nH]c2=O)cc1F. The number of benzene rings is 1. The molecule has 1 amide bonds. The molecule has 0 aliphatic rings. The summed E-state index contributed by atoms with van der Waals surface area (Å²) in [6.45, 7) is 1.34. The van der Waals surface area contributed by atoms with Gasteiger partial charge in [0.05, 0.1) is 0 Å². The van der Waals surface area contributed by atoms with Crippen LogP contribution in [-0.2, 0) is 11.3 Å². The lowest BCUT2D eigenvalue weighted by Gasteiger charge is -2.07. The van der Waals surface area contributed by atoms with E-state index in [0.29, 0.717) is 11.3 Å². The zero-order valence-corrected chi connectivity index (χ0v) is 10.6. The van der Waals surface area contributed by atoms with Crippen molar-refractivity contribution in [3.05, 3.63) is 62.7 Å². The largest absolute Gasteiger partial charge is 0.328 e. The molecule has 2 aromatic rings. The Kier molecular flexibility index (Phi) is 3.79. The number of aryl methyl sites for hydroxylation is 1. The molecule has 0 saturated heterocycles. The van der Waals surface area contributed by atoms with Crippen LogP contribution in [-0.4, -0.2) is 15.5 Å². The van der Waals surface area contributed by atoms with Gasteiger partial charge in [-0.2, -0.15) is 0 Å². The summed E-state index contributed by atoms with van der Waals surface area (Å²) in [7, 11) is 0. The third-order valence-electron chi connectivity index (χ3n) is 2.67. The highest BCUT2D eigenvalue weighted by atomic mass is 19.1. The van der Waals surface area contributed by atoms with Gasteiger partial charge < -0.3 is 5.32 Å². The molecule has 2 rings (SSSR count). The fourth-order valence-electron chi connectivity index (χ4n) is 1.59. The van der Waals surface area contributed by atoms with Crippen molar-refractivity contribution in [3.8, 4) is 0 Å². The average Bonchev–Trinajstić information content (AvgIpc) is 2.37. The molecule has 0 aliphatic heterocycles. The van der Waals surface area contributed by atoms with Crippen LogP contribution in [0.25, 0.3) is 0 Å². The van der Waals surface area contributed by atoms with Crippen molar-refractivity contribution < 1.29 is 9.18 Å². The second-order valence-corrected chi connectivity index (χ2v) is 4.25. The molecule has 1 heterocycles. The standard InChI is InChI=1S/C13H12FN3O3/c1-8-2-3-9(6-10(8)14)15-12(19)7-17-5-4-11(18)16-13(17)20/h2-6H,7H2,1H3,(H,15,19)(H,16,18,20). The Morgan fingerprint density at radius 1 is 1.35 bits per heavy atom. The number of H-pyrrole nitrogens is 1. The topological polar surface area (TPSA) is 84.0 Å². The first-order valence-corrected chi connectivity index (χ1v) is 5.81. The van der Waals surface area contributed by atoms with Gasteiger partial charge >= 0.3 is 5.69 Å². The van der Waals surface area contributed by atoms with Crippen molar-refractivity contribution in [1.29, 1.82) is 0 Å². The lowest BCUT2D eigenvalue weighted by Crippen LogP contribution is -2.32. The third kappa shape index (κ3) is 3.19. The second-order valence-electron chi connectivity index (χ2n) is 4.25. The highest BCUT2D eigenvalue weighted by molar-refractivity contribution is 5.90. The van der Waals surface area contributed by atoms with Crippen molar-refractivity contribution >= 4 is 11.6 Å². The molecular weight excluding hydrogens is 265 g/mol. The van der Waals surface area contributed by atoms with E-state index in [9.17, 15) is 18.8 Å². The van der Waals surface area contributed by atoms with E-state index >= 15 is 0 Å². The minimum atomic E-state index is -0.678. The van der Waals surface area contributed by atoms with Crippen LogP contribution in [0.4, 0.5) is 10.1 Å². The second kappa shape index (κ2) is 5.52. The molecule has 0 unspecified atom stereocenters. The summed E-state index contributed by atoms with van der Waals surface area (Å²) in [5.74, 6) is -0.925. The summed E-state index contributed by atoms with van der Waals surface area (Å²) in [6.07, 6.45) is 1.22. The molecule has 0 atom stereocenters. The molecule has 1 aromatic heterocycles. The van der Waals surface area contributed by atoms with E-state index in [-0.39, 0.29) is 6.54 Å². The van der Waals surface area contributed by atoms with E-state index in [1.807, 2.05) is 4.98 Å². The van der Waals surface area contributed by atoms with Crippen molar-refractivity contribution in [3.63, 3.8) is 0 Å². The molecule has 0 fully saturated rings. The molecule has 0 saturated carbocycles. The van der Waals surface area contributed by atoms with Crippen LogP contribution in [0.1, 0.15) is 5.56 Å². The molecule has 0 spiro atoms. The highest BCUT2D eigenvalue weighted by Crippen LogP contribution is 2.13. The van der Waals surface area contributed by atoms with Gasteiger partial charge in [0.15, 0.2) is 0 Å². The Balaban J connectivity index is 2.10. The smallest absolute Gasteiger partial charge is 0.324 e. The van der Waals surface area contributed by atoms with Crippen LogP contribution in [0.3, 0.4) is 0 Å². The Morgan fingerprint density at radius 3 is 2.75 bits per heavy atom. The summed E-state index contributed by atoms with van der Waals surface area (Å²) in [5, 5.41) is 2.47. The molecule has 0 radical (unpaired) electrons. The first-order chi connectivity index (χ1) is 9.45. The zero-order valence-electron chi connectivity index (χ0n) is 10.6. The van der Waals surface area contributed by atoms with Crippen LogP contribution < -0.4 is 16.6 Å². The van der Waals surface area contributed by atoms with E-state index < -0.39 is 23.0 Å². The van der Waals surface area contributed by atoms with Crippen molar-refractivity contribution in [1.82, 2.24) is 9.55 Å². The van der Waals surface area contributed by atoms with Crippen molar-refractivity contribution in [2.75, 3.05) is 5.32 Å². The Bertz CT molecular complexity index is 764. The molecule has 20 heavy (non-hydrogen) atoms. The maximum absolute atomic E-state index is 13.3. The highest BCUT2D eigenvalue weighted by Gasteiger charge is 2.06. The molecule has 0 bridgehead atoms. The first kappa shape index (κ1) is 13.7. The fraction of sp³-hybridized carbons (Fsp3) is 0.154. The predicted molar refractivity (Wildman–Crippen MR) is 71.1 cm³/mol. The van der Waals surface area contributed by atoms with E-state index in [4.69, 9.17) is 0 Å². The maximum Gasteiger partial charge on any atom is 0.328 e. The number of aromatic amines is 1. The zero-order chi connectivity index (χ0) is 14.7. The molecule has 6 nitrogen and oxygen atoms in total. The number of hydrogen-bond acceptors (Lipinski definition) is 3. The number of hydrogen-bond donors (Lipinski definition) is 2. The maximum atomic E-state index is 13.3. The number of rotatable bonds is 3. The van der Waals surface area contributed by atoms with E-state index in [0.717, 1.165) is 10.6 Å². The molecule has 104 valence electrons. The van der Waals surface area contributed by atoms with Gasteiger partial charge in [-0.25, -0.2) is 9.18 Å². The number of nitrogens with zero attached hydrogens (tertiary/aromatic N) is 1. The lowest BCUT2D eigenvalue weighted by molar-refractivity contribution is -0.116. The minimum Gasteiger partial charge on any atom is -0.324 e. The number of aromatic nitrogens is 2. The van der Waals surface area contributed by atoms with Gasteiger partial charge in [-0.05, 0) is 24.6 Å². The van der Waals surface area contributed by atoms with Gasteiger partial charge in [0.1, 0.15) is 12.4 Å². The molecule has 7 heteroatoms. The summed E-state index contributed by atoms with van der Waals surface area (Å²) in [4.78, 5) is 36.0. The van der Waals surface area contributed by atoms with Crippen molar-refractivity contribution in [2.45, 2.75) is 13.5 Å². The minimum absolute atomic E-state index is 0.273. The Labute approximate surface area is 112 Å². The summed E-state index contributed by atoms with van der Waals surface area (Å²) in [5.41, 5.74) is -0.439. The number of amides is 1. The van der Waals surface area contributed by atoms with Crippen LogP contribution in [0.2, 0.25) is 0 Å². The van der Waals surface area contributed by atoms with E-state index in [1.165, 1.54) is 18.3 Å². The summed E-state index contributed by atoms with van der Waals surface area (Å²) >= 11 is 0. The predicted octanol–water partition coefficient (Wildman–Crippen LogP) is 0.623. The fourth-order valence-corrected chi connectivity index (χ4v) is 1.59. The van der Waals surface area contributed by atoms with Gasteiger partial charge in [-0.1, -0.05) is 6.07 Å². The normalized spacial score (nSPS) is 10.3. The lowest BCUT2D eigenvalue weighted by atomic mass is 10.2. The number of nitrogens with one attached hydrogen (secondary N) is 2. The number of carbonyl (C=O) groups excluding carboxylic acids is 1. The van der Waals surface area contributed by atoms with Crippen LogP contribution in [0, 0.1) is 12.7 Å². The van der Waals surface area contributed by atoms with Crippen LogP contribution in [0.5, 0.6) is 0 Å². The van der Waals surface area contributed by atoms with Gasteiger partial charge in [0, 0.05) is 18.0 Å². The molecule has 2 N–H and O–H groups in total. The summed E-state index contributed by atoms with van der Waals surface area (Å²) < 4.78 is 14.4. The van der Waals surface area contributed by atoms with Crippen LogP contribution in [0.15, 0.2) is 40.1 Å². The van der Waals surface area contributed by atoms with Gasteiger partial charge in [-0.15, -0.1) is 0 Å². The van der Waals surface area contributed by atoms with Crippen LogP contribution >= 0.6 is 0 Å². The Morgan fingerprint density at radius 2 is 2.10 bits per heavy atom. The number of halogens is 1. The average molecular weight is 277 g/mol. The third-order valence-corrected chi connectivity index (χ3v) is 2.67. The quantitative estimate of drug-likeness (QED) is 0.862. The Hall–Kier alpha value is -2.70. The molecule has 1 aromatic carbocycles. The van der Waals surface area contributed by atoms with Gasteiger partial charge in [0.2, 0.25) is 5.91 Å². The molecular formula is C13H12FN3O3. The van der Waals surface area contributed by atoms with Gasteiger partial charge in [-0.3, -0.25) is 19.1 Å². The molecule has 0 aliphatic carbocycles. The summed E-state index contributed by atoms with van der Waals surface area (Å²) in [6, 6.07) is 5.44. The van der Waals surface area contributed by atoms with E-state index in [2.05, 4.69) is 5.32 Å². The number of anilines is 1. The van der Waals surface area contributed by atoms with Gasteiger partial charge in [0.25, 0.3) is 5.56 Å². The van der Waals surface area contributed by atoms with E-state index in [1.54, 1.807) is 13.0 Å². The monoisotopic (exact) mass is 277 g/mol.